The SMILES string of the molecule is Cc1ccccc1C(C)NC(=O)c1cc(Br)cc(Br)c1. The quantitative estimate of drug-likeness (QED) is 0.775. The van der Waals surface area contributed by atoms with Crippen LogP contribution in [0.15, 0.2) is 51.4 Å². The molecule has 0 aliphatic rings. The predicted molar refractivity (Wildman–Crippen MR) is 88.9 cm³/mol. The standard InChI is InChI=1S/C16H15Br2NO/c1-10-5-3-4-6-15(10)11(2)19-16(20)12-7-13(17)9-14(18)8-12/h3-9,11H,1-2H3,(H,19,20). The molecule has 0 bridgehead atoms. The molecule has 0 radical (unpaired) electrons. The van der Waals surface area contributed by atoms with Gasteiger partial charge in [0.15, 0.2) is 0 Å². The third-order valence-electron chi connectivity index (χ3n) is 3.13. The van der Waals surface area contributed by atoms with Crippen molar-refractivity contribution >= 4 is 37.8 Å². The van der Waals surface area contributed by atoms with Gasteiger partial charge >= 0.3 is 0 Å². The number of benzene rings is 2. The summed E-state index contributed by atoms with van der Waals surface area (Å²) < 4.78 is 1.75. The lowest BCUT2D eigenvalue weighted by Crippen LogP contribution is -2.27. The summed E-state index contributed by atoms with van der Waals surface area (Å²) in [4.78, 5) is 12.3. The maximum absolute atomic E-state index is 12.3. The summed E-state index contributed by atoms with van der Waals surface area (Å²) in [5.41, 5.74) is 2.94. The van der Waals surface area contributed by atoms with E-state index in [0.29, 0.717) is 5.56 Å². The normalized spacial score (nSPS) is 12.0. The van der Waals surface area contributed by atoms with Crippen LogP contribution in [0.2, 0.25) is 0 Å². The van der Waals surface area contributed by atoms with Gasteiger partial charge in [-0.2, -0.15) is 0 Å². The average molecular weight is 397 g/mol. The second-order valence-corrected chi connectivity index (χ2v) is 6.54. The fourth-order valence-electron chi connectivity index (χ4n) is 2.12. The first kappa shape index (κ1) is 15.3. The van der Waals surface area contributed by atoms with Gasteiger partial charge in [-0.15, -0.1) is 0 Å². The highest BCUT2D eigenvalue weighted by molar-refractivity contribution is 9.11. The molecular weight excluding hydrogens is 382 g/mol. The van der Waals surface area contributed by atoms with E-state index < -0.39 is 0 Å². The van der Waals surface area contributed by atoms with Crippen molar-refractivity contribution in [1.82, 2.24) is 5.32 Å². The summed E-state index contributed by atoms with van der Waals surface area (Å²) in [7, 11) is 0. The van der Waals surface area contributed by atoms with Gasteiger partial charge in [0.05, 0.1) is 6.04 Å². The third-order valence-corrected chi connectivity index (χ3v) is 4.04. The lowest BCUT2D eigenvalue weighted by molar-refractivity contribution is 0.0939. The second kappa shape index (κ2) is 6.55. The van der Waals surface area contributed by atoms with Crippen LogP contribution in [0.3, 0.4) is 0 Å². The molecule has 0 aromatic heterocycles. The van der Waals surface area contributed by atoms with Crippen molar-refractivity contribution in [1.29, 1.82) is 0 Å². The van der Waals surface area contributed by atoms with Gasteiger partial charge in [-0.3, -0.25) is 4.79 Å². The maximum atomic E-state index is 12.3. The van der Waals surface area contributed by atoms with Gasteiger partial charge in [0.1, 0.15) is 0 Å². The van der Waals surface area contributed by atoms with Crippen molar-refractivity contribution in [2.75, 3.05) is 0 Å². The van der Waals surface area contributed by atoms with E-state index in [1.807, 2.05) is 56.3 Å². The monoisotopic (exact) mass is 395 g/mol. The summed E-state index contributed by atoms with van der Waals surface area (Å²) in [6.45, 7) is 4.04. The third kappa shape index (κ3) is 3.70. The maximum Gasteiger partial charge on any atom is 0.251 e. The van der Waals surface area contributed by atoms with Gasteiger partial charge < -0.3 is 5.32 Å². The van der Waals surface area contributed by atoms with E-state index >= 15 is 0 Å². The molecule has 1 amide bonds. The largest absolute Gasteiger partial charge is 0.346 e. The number of halogens is 2. The van der Waals surface area contributed by atoms with Crippen LogP contribution in [0, 0.1) is 6.92 Å². The highest BCUT2D eigenvalue weighted by atomic mass is 79.9. The Hall–Kier alpha value is -1.13. The van der Waals surface area contributed by atoms with E-state index in [-0.39, 0.29) is 11.9 Å². The molecule has 0 heterocycles. The number of amides is 1. The Kier molecular flexibility index (Phi) is 5.00. The number of carbonyl (C=O) groups is 1. The van der Waals surface area contributed by atoms with Crippen LogP contribution in [-0.4, -0.2) is 5.91 Å². The molecule has 0 fully saturated rings. The smallest absolute Gasteiger partial charge is 0.251 e. The average Bonchev–Trinajstić information content (AvgIpc) is 2.37. The highest BCUT2D eigenvalue weighted by Crippen LogP contribution is 2.21. The minimum atomic E-state index is -0.0808. The zero-order chi connectivity index (χ0) is 14.7. The van der Waals surface area contributed by atoms with Gasteiger partial charge in [-0.25, -0.2) is 0 Å². The van der Waals surface area contributed by atoms with Crippen LogP contribution in [-0.2, 0) is 0 Å². The van der Waals surface area contributed by atoms with Gasteiger partial charge in [-0.05, 0) is 43.2 Å². The van der Waals surface area contributed by atoms with Crippen LogP contribution in [0.4, 0.5) is 0 Å². The van der Waals surface area contributed by atoms with E-state index in [9.17, 15) is 4.79 Å². The number of hydrogen-bond acceptors (Lipinski definition) is 1. The number of nitrogens with one attached hydrogen (secondary N) is 1. The summed E-state index contributed by atoms with van der Waals surface area (Å²) in [5.74, 6) is -0.0808. The molecular formula is C16H15Br2NO. The molecule has 1 atom stereocenters. The van der Waals surface area contributed by atoms with Gasteiger partial charge in [0, 0.05) is 14.5 Å². The molecule has 20 heavy (non-hydrogen) atoms. The fraction of sp³-hybridized carbons (Fsp3) is 0.188. The second-order valence-electron chi connectivity index (χ2n) is 4.71. The van der Waals surface area contributed by atoms with E-state index in [0.717, 1.165) is 14.5 Å². The molecule has 2 aromatic rings. The topological polar surface area (TPSA) is 29.1 Å². The molecule has 2 aromatic carbocycles. The van der Waals surface area contributed by atoms with Gasteiger partial charge in [-0.1, -0.05) is 56.1 Å². The van der Waals surface area contributed by atoms with Crippen molar-refractivity contribution in [2.24, 2.45) is 0 Å². The minimum Gasteiger partial charge on any atom is -0.346 e. The molecule has 4 heteroatoms. The minimum absolute atomic E-state index is 0.0264. The van der Waals surface area contributed by atoms with Crippen molar-refractivity contribution < 1.29 is 4.79 Å². The first-order chi connectivity index (χ1) is 9.47. The molecule has 1 unspecified atom stereocenters. The lowest BCUT2D eigenvalue weighted by atomic mass is 10.0. The molecule has 0 aliphatic heterocycles. The molecule has 1 N–H and O–H groups in total. The van der Waals surface area contributed by atoms with Crippen LogP contribution in [0.1, 0.15) is 34.5 Å². The molecule has 0 spiro atoms. The molecule has 0 saturated heterocycles. The van der Waals surface area contributed by atoms with Crippen molar-refractivity contribution in [3.63, 3.8) is 0 Å². The Morgan fingerprint density at radius 1 is 1.10 bits per heavy atom. The summed E-state index contributed by atoms with van der Waals surface area (Å²) in [5, 5.41) is 3.03. The Morgan fingerprint density at radius 2 is 1.70 bits per heavy atom. The molecule has 2 nitrogen and oxygen atoms in total. The van der Waals surface area contributed by atoms with Crippen molar-refractivity contribution in [3.05, 3.63) is 68.1 Å². The molecule has 2 rings (SSSR count). The lowest BCUT2D eigenvalue weighted by Gasteiger charge is -2.16. The van der Waals surface area contributed by atoms with E-state index in [1.165, 1.54) is 5.56 Å². The Bertz CT molecular complexity index is 620. The molecule has 0 saturated carbocycles. The summed E-state index contributed by atoms with van der Waals surface area (Å²) in [6.07, 6.45) is 0. The number of rotatable bonds is 3. The Labute approximate surface area is 135 Å². The molecule has 104 valence electrons. The van der Waals surface area contributed by atoms with Gasteiger partial charge in [0.25, 0.3) is 5.91 Å². The predicted octanol–water partition coefficient (Wildman–Crippen LogP) is 5.01. The zero-order valence-corrected chi connectivity index (χ0v) is 14.5. The first-order valence-electron chi connectivity index (χ1n) is 6.30. The zero-order valence-electron chi connectivity index (χ0n) is 11.3. The van der Waals surface area contributed by atoms with Crippen LogP contribution in [0.25, 0.3) is 0 Å². The summed E-state index contributed by atoms with van der Waals surface area (Å²) in [6, 6.07) is 13.6. The first-order valence-corrected chi connectivity index (χ1v) is 7.88. The van der Waals surface area contributed by atoms with Crippen LogP contribution < -0.4 is 5.32 Å². The summed E-state index contributed by atoms with van der Waals surface area (Å²) >= 11 is 6.79. The van der Waals surface area contributed by atoms with Crippen LogP contribution >= 0.6 is 31.9 Å². The number of aryl methyl sites for hydroxylation is 1. The number of hydrogen-bond donors (Lipinski definition) is 1. The van der Waals surface area contributed by atoms with Crippen LogP contribution in [0.5, 0.6) is 0 Å². The Balaban J connectivity index is 2.17. The Morgan fingerprint density at radius 3 is 2.30 bits per heavy atom. The van der Waals surface area contributed by atoms with E-state index in [2.05, 4.69) is 37.2 Å². The molecule has 0 aliphatic carbocycles. The fourth-order valence-corrected chi connectivity index (χ4v) is 3.41. The van der Waals surface area contributed by atoms with Gasteiger partial charge in [0.2, 0.25) is 0 Å². The highest BCUT2D eigenvalue weighted by Gasteiger charge is 2.13. The van der Waals surface area contributed by atoms with Crippen molar-refractivity contribution in [2.45, 2.75) is 19.9 Å². The number of carbonyl (C=O) groups excluding carboxylic acids is 1. The van der Waals surface area contributed by atoms with E-state index in [4.69, 9.17) is 0 Å². The van der Waals surface area contributed by atoms with Crippen molar-refractivity contribution in [3.8, 4) is 0 Å². The van der Waals surface area contributed by atoms with E-state index in [1.54, 1.807) is 0 Å².